The maximum atomic E-state index is 11.9. The smallest absolute Gasteiger partial charge is 0.224 e. The van der Waals surface area contributed by atoms with E-state index in [1.807, 2.05) is 0 Å². The van der Waals surface area contributed by atoms with Gasteiger partial charge in [0, 0.05) is 6.42 Å². The molecule has 0 saturated carbocycles. The van der Waals surface area contributed by atoms with Crippen LogP contribution in [0.1, 0.15) is 104 Å². The third-order valence-corrected chi connectivity index (χ3v) is 5.27. The Morgan fingerprint density at radius 3 is 2.32 bits per heavy atom. The SMILES string of the molecule is CCCCCCC(O)CC=CCCCCCCCC(=O)NC[N+](C)(C)CCC. The summed E-state index contributed by atoms with van der Waals surface area (Å²) in [5.74, 6) is 0.193. The monoisotopic (exact) mass is 397 g/mol. The van der Waals surface area contributed by atoms with Gasteiger partial charge in [-0.05, 0) is 38.5 Å². The van der Waals surface area contributed by atoms with Crippen molar-refractivity contribution in [2.75, 3.05) is 27.3 Å². The van der Waals surface area contributed by atoms with Gasteiger partial charge in [-0.15, -0.1) is 0 Å². The molecule has 0 aliphatic carbocycles. The number of carbonyl (C=O) groups is 1. The molecule has 0 aromatic rings. The Bertz CT molecular complexity index is 394. The molecule has 0 bridgehead atoms. The van der Waals surface area contributed by atoms with Crippen LogP contribution in [0.2, 0.25) is 0 Å². The largest absolute Gasteiger partial charge is 0.393 e. The molecule has 4 nitrogen and oxygen atoms in total. The van der Waals surface area contributed by atoms with Crippen LogP contribution >= 0.6 is 0 Å². The van der Waals surface area contributed by atoms with Crippen molar-refractivity contribution in [1.29, 1.82) is 0 Å². The van der Waals surface area contributed by atoms with Crippen LogP contribution in [-0.2, 0) is 4.79 Å². The highest BCUT2D eigenvalue weighted by Crippen LogP contribution is 2.10. The van der Waals surface area contributed by atoms with E-state index in [2.05, 4.69) is 45.4 Å². The van der Waals surface area contributed by atoms with Gasteiger partial charge < -0.3 is 14.9 Å². The number of nitrogens with zero attached hydrogens (tertiary/aromatic N) is 1. The summed E-state index contributed by atoms with van der Waals surface area (Å²) in [6, 6.07) is 0. The molecule has 1 unspecified atom stereocenters. The van der Waals surface area contributed by atoms with Gasteiger partial charge in [0.05, 0.1) is 26.7 Å². The van der Waals surface area contributed by atoms with E-state index in [0.717, 1.165) is 62.6 Å². The molecule has 0 radical (unpaired) electrons. The standard InChI is InChI=1S/C24H48N2O2/c1-5-7-8-15-18-23(27)19-16-13-11-9-10-12-14-17-20-24(28)25-22-26(3,4)21-6-2/h13,16,23,27H,5-12,14-15,17-22H2,1-4H3/p+1. The second-order valence-electron chi connectivity index (χ2n) is 8.93. The fraction of sp³-hybridized carbons (Fsp3) is 0.875. The van der Waals surface area contributed by atoms with Gasteiger partial charge in [-0.2, -0.15) is 0 Å². The van der Waals surface area contributed by atoms with Crippen LogP contribution < -0.4 is 5.32 Å². The predicted molar refractivity (Wildman–Crippen MR) is 121 cm³/mol. The molecule has 0 aromatic heterocycles. The number of amides is 1. The van der Waals surface area contributed by atoms with Crippen molar-refractivity contribution in [1.82, 2.24) is 5.32 Å². The summed E-state index contributed by atoms with van der Waals surface area (Å²) in [4.78, 5) is 11.9. The summed E-state index contributed by atoms with van der Waals surface area (Å²) < 4.78 is 0.853. The van der Waals surface area contributed by atoms with Gasteiger partial charge in [0.25, 0.3) is 0 Å². The Kier molecular flexibility index (Phi) is 17.6. The number of rotatable bonds is 19. The van der Waals surface area contributed by atoms with E-state index in [-0.39, 0.29) is 12.0 Å². The lowest BCUT2D eigenvalue weighted by Crippen LogP contribution is -2.48. The molecular formula is C24H49N2O2+. The maximum Gasteiger partial charge on any atom is 0.224 e. The number of nitrogens with one attached hydrogen (secondary N) is 1. The number of unbranched alkanes of at least 4 members (excludes halogenated alkanes) is 8. The first-order chi connectivity index (χ1) is 13.4. The number of hydrogen-bond acceptors (Lipinski definition) is 2. The molecule has 2 N–H and O–H groups in total. The lowest BCUT2D eigenvalue weighted by atomic mass is 10.1. The van der Waals surface area contributed by atoms with Crippen molar-refractivity contribution in [3.63, 3.8) is 0 Å². The van der Waals surface area contributed by atoms with Gasteiger partial charge in [0.1, 0.15) is 0 Å². The summed E-state index contributed by atoms with van der Waals surface area (Å²) in [7, 11) is 4.32. The van der Waals surface area contributed by atoms with Gasteiger partial charge in [-0.3, -0.25) is 4.79 Å². The number of hydrogen-bond donors (Lipinski definition) is 2. The van der Waals surface area contributed by atoms with Crippen LogP contribution in [0.5, 0.6) is 0 Å². The van der Waals surface area contributed by atoms with Crippen LogP contribution in [0, 0.1) is 0 Å². The molecule has 0 saturated heterocycles. The van der Waals surface area contributed by atoms with Crippen molar-refractivity contribution >= 4 is 5.91 Å². The molecule has 1 amide bonds. The van der Waals surface area contributed by atoms with Crippen molar-refractivity contribution in [3.8, 4) is 0 Å². The molecule has 1 atom stereocenters. The van der Waals surface area contributed by atoms with Gasteiger partial charge >= 0.3 is 0 Å². The van der Waals surface area contributed by atoms with E-state index in [4.69, 9.17) is 0 Å². The quantitative estimate of drug-likeness (QED) is 0.130. The molecule has 4 heteroatoms. The van der Waals surface area contributed by atoms with Crippen LogP contribution in [0.3, 0.4) is 0 Å². The van der Waals surface area contributed by atoms with E-state index in [1.54, 1.807) is 0 Å². The zero-order valence-electron chi connectivity index (χ0n) is 19.3. The van der Waals surface area contributed by atoms with Gasteiger partial charge in [0.2, 0.25) is 5.91 Å². The van der Waals surface area contributed by atoms with E-state index in [0.29, 0.717) is 6.42 Å². The minimum absolute atomic E-state index is 0.161. The Morgan fingerprint density at radius 1 is 0.929 bits per heavy atom. The first-order valence-corrected chi connectivity index (χ1v) is 11.8. The lowest BCUT2D eigenvalue weighted by Gasteiger charge is -2.29. The minimum atomic E-state index is -0.161. The van der Waals surface area contributed by atoms with E-state index in [9.17, 15) is 9.90 Å². The predicted octanol–water partition coefficient (Wildman–Crippen LogP) is 5.55. The zero-order chi connectivity index (χ0) is 21.1. The molecule has 28 heavy (non-hydrogen) atoms. The molecule has 0 rings (SSSR count). The average Bonchev–Trinajstić information content (AvgIpc) is 2.65. The summed E-state index contributed by atoms with van der Waals surface area (Å²) in [5.41, 5.74) is 0. The Hall–Kier alpha value is -0.870. The van der Waals surface area contributed by atoms with Crippen molar-refractivity contribution in [3.05, 3.63) is 12.2 Å². The van der Waals surface area contributed by atoms with Crippen molar-refractivity contribution < 1.29 is 14.4 Å². The van der Waals surface area contributed by atoms with E-state index >= 15 is 0 Å². The Labute approximate surface area is 175 Å². The molecule has 0 aromatic carbocycles. The van der Waals surface area contributed by atoms with Crippen LogP contribution in [0.25, 0.3) is 0 Å². The van der Waals surface area contributed by atoms with Gasteiger partial charge in [-0.1, -0.05) is 70.9 Å². The highest BCUT2D eigenvalue weighted by atomic mass is 16.3. The first-order valence-electron chi connectivity index (χ1n) is 11.8. The normalized spacial score (nSPS) is 13.2. The topological polar surface area (TPSA) is 49.3 Å². The number of aliphatic hydroxyl groups excluding tert-OH is 1. The highest BCUT2D eigenvalue weighted by molar-refractivity contribution is 5.75. The van der Waals surface area contributed by atoms with Crippen molar-refractivity contribution in [2.24, 2.45) is 0 Å². The molecule has 0 heterocycles. The van der Waals surface area contributed by atoms with Crippen LogP contribution in [-0.4, -0.2) is 48.9 Å². The molecule has 0 spiro atoms. The Morgan fingerprint density at radius 2 is 1.61 bits per heavy atom. The first kappa shape index (κ1) is 27.1. The van der Waals surface area contributed by atoms with Crippen LogP contribution in [0.15, 0.2) is 12.2 Å². The third-order valence-electron chi connectivity index (χ3n) is 5.27. The molecule has 0 aliphatic heterocycles. The maximum absolute atomic E-state index is 11.9. The summed E-state index contributed by atoms with van der Waals surface area (Å²) in [6.07, 6.45) is 19.5. The van der Waals surface area contributed by atoms with Gasteiger partial charge in [0.15, 0.2) is 6.67 Å². The highest BCUT2D eigenvalue weighted by Gasteiger charge is 2.14. The average molecular weight is 398 g/mol. The second kappa shape index (κ2) is 18.2. The number of carbonyl (C=O) groups excluding carboxylic acids is 1. The number of aliphatic hydroxyl groups is 1. The number of quaternary nitrogens is 1. The lowest BCUT2D eigenvalue weighted by molar-refractivity contribution is -0.892. The number of allylic oxidation sites excluding steroid dienone is 1. The van der Waals surface area contributed by atoms with Crippen LogP contribution in [0.4, 0.5) is 0 Å². The fourth-order valence-electron chi connectivity index (χ4n) is 3.45. The Balaban J connectivity index is 3.46. The molecular weight excluding hydrogens is 348 g/mol. The zero-order valence-corrected chi connectivity index (χ0v) is 19.3. The molecule has 0 aliphatic rings. The van der Waals surface area contributed by atoms with E-state index in [1.165, 1.54) is 38.5 Å². The van der Waals surface area contributed by atoms with E-state index < -0.39 is 0 Å². The summed E-state index contributed by atoms with van der Waals surface area (Å²) in [5, 5.41) is 13.0. The minimum Gasteiger partial charge on any atom is -0.393 e. The van der Waals surface area contributed by atoms with Crippen molar-refractivity contribution in [2.45, 2.75) is 110 Å². The second-order valence-corrected chi connectivity index (χ2v) is 8.93. The summed E-state index contributed by atoms with van der Waals surface area (Å²) in [6.45, 7) is 6.21. The third kappa shape index (κ3) is 18.5. The van der Waals surface area contributed by atoms with Gasteiger partial charge in [-0.25, -0.2) is 0 Å². The molecule has 0 fully saturated rings. The molecule has 166 valence electrons. The fourth-order valence-corrected chi connectivity index (χ4v) is 3.45. The summed E-state index contributed by atoms with van der Waals surface area (Å²) >= 11 is 0.